The summed E-state index contributed by atoms with van der Waals surface area (Å²) in [6, 6.07) is 15.1. The number of aryl methyl sites for hydroxylation is 2. The van der Waals surface area contributed by atoms with Crippen molar-refractivity contribution in [3.8, 4) is 17.2 Å². The summed E-state index contributed by atoms with van der Waals surface area (Å²) in [5.74, 6) is -0.142. The highest BCUT2D eigenvalue weighted by molar-refractivity contribution is 6.30. The Hall–Kier alpha value is -4.40. The molecule has 192 valence electrons. The molecule has 9 nitrogen and oxygen atoms in total. The number of barbiturate groups is 1. The number of nitrogens with one attached hydrogen (secondary N) is 1. The normalized spacial score (nSPS) is 17.4. The van der Waals surface area contributed by atoms with E-state index in [1.54, 1.807) is 42.6 Å². The highest BCUT2D eigenvalue weighted by Crippen LogP contribution is 2.44. The molecule has 3 aromatic rings. The van der Waals surface area contributed by atoms with Crippen molar-refractivity contribution in [2.45, 2.75) is 26.2 Å². The molecule has 0 aliphatic carbocycles. The minimum Gasteiger partial charge on any atom is -0.493 e. The van der Waals surface area contributed by atoms with E-state index >= 15 is 0 Å². The fourth-order valence-electron chi connectivity index (χ4n) is 4.66. The molecule has 0 unspecified atom stereocenters. The Bertz CT molecular complexity index is 1330. The number of hydrogen-bond acceptors (Lipinski definition) is 7. The summed E-state index contributed by atoms with van der Waals surface area (Å²) < 4.78 is 16.5. The lowest BCUT2D eigenvalue weighted by Gasteiger charge is -2.39. The van der Waals surface area contributed by atoms with Crippen LogP contribution >= 0.6 is 0 Å². The lowest BCUT2D eigenvalue weighted by atomic mass is 9.73. The smallest absolute Gasteiger partial charge is 0.335 e. The van der Waals surface area contributed by atoms with E-state index in [9.17, 15) is 14.4 Å². The maximum Gasteiger partial charge on any atom is 0.335 e. The van der Waals surface area contributed by atoms with Crippen molar-refractivity contribution >= 4 is 23.5 Å². The average molecular weight is 504 g/mol. The highest BCUT2D eigenvalue weighted by Gasteiger charge is 2.54. The summed E-state index contributed by atoms with van der Waals surface area (Å²) in [7, 11) is 4.47. The average Bonchev–Trinajstić information content (AvgIpc) is 2.90. The van der Waals surface area contributed by atoms with Gasteiger partial charge in [0.15, 0.2) is 11.5 Å². The lowest BCUT2D eigenvalue weighted by molar-refractivity contribution is -0.143. The van der Waals surface area contributed by atoms with Crippen molar-refractivity contribution in [3.63, 3.8) is 0 Å². The molecule has 1 N–H and O–H groups in total. The molecule has 0 spiro atoms. The maximum atomic E-state index is 14.2. The second-order valence-electron chi connectivity index (χ2n) is 8.81. The number of rotatable bonds is 9. The number of carbonyl (C=O) groups excluding carboxylic acids is 3. The van der Waals surface area contributed by atoms with Crippen LogP contribution in [0.1, 0.15) is 23.2 Å². The van der Waals surface area contributed by atoms with Gasteiger partial charge in [-0.05, 0) is 67.6 Å². The molecule has 1 aliphatic rings. The lowest BCUT2D eigenvalue weighted by Crippen LogP contribution is -2.65. The zero-order valence-corrected chi connectivity index (χ0v) is 21.2. The largest absolute Gasteiger partial charge is 0.493 e. The molecule has 2 heterocycles. The van der Waals surface area contributed by atoms with Crippen molar-refractivity contribution in [2.75, 3.05) is 26.2 Å². The molecule has 1 aliphatic heterocycles. The Morgan fingerprint density at radius 2 is 1.70 bits per heavy atom. The first-order valence-electron chi connectivity index (χ1n) is 11.8. The van der Waals surface area contributed by atoms with Crippen molar-refractivity contribution < 1.29 is 28.6 Å². The number of methoxy groups -OCH3 is 3. The summed E-state index contributed by atoms with van der Waals surface area (Å²) in [5, 5.41) is 2.42. The van der Waals surface area contributed by atoms with Crippen molar-refractivity contribution in [1.82, 2.24) is 10.3 Å². The Labute approximate surface area is 215 Å². The van der Waals surface area contributed by atoms with Gasteiger partial charge in [0.1, 0.15) is 5.41 Å². The molecule has 2 aromatic carbocycles. The third kappa shape index (κ3) is 4.84. The van der Waals surface area contributed by atoms with Gasteiger partial charge in [0, 0.05) is 11.9 Å². The minimum absolute atomic E-state index is 0.0381. The quantitative estimate of drug-likeness (QED) is 0.442. The highest BCUT2D eigenvalue weighted by atomic mass is 16.5. The van der Waals surface area contributed by atoms with Gasteiger partial charge in [-0.3, -0.25) is 19.9 Å². The van der Waals surface area contributed by atoms with Crippen LogP contribution < -0.4 is 24.4 Å². The van der Waals surface area contributed by atoms with Gasteiger partial charge in [-0.15, -0.1) is 0 Å². The van der Waals surface area contributed by atoms with Crippen LogP contribution in [0.5, 0.6) is 17.2 Å². The van der Waals surface area contributed by atoms with Crippen LogP contribution in [0, 0.1) is 12.3 Å². The van der Waals surface area contributed by atoms with Gasteiger partial charge >= 0.3 is 6.03 Å². The van der Waals surface area contributed by atoms with Gasteiger partial charge in [-0.1, -0.05) is 24.3 Å². The monoisotopic (exact) mass is 503 g/mol. The van der Waals surface area contributed by atoms with Gasteiger partial charge in [-0.2, -0.15) is 0 Å². The number of imide groups is 2. The van der Waals surface area contributed by atoms with Gasteiger partial charge < -0.3 is 14.2 Å². The van der Waals surface area contributed by atoms with Crippen LogP contribution in [0.3, 0.4) is 0 Å². The summed E-state index contributed by atoms with van der Waals surface area (Å²) >= 11 is 0. The topological polar surface area (TPSA) is 107 Å². The number of pyridine rings is 1. The Morgan fingerprint density at radius 1 is 0.919 bits per heavy atom. The van der Waals surface area contributed by atoms with E-state index in [2.05, 4.69) is 10.3 Å². The molecule has 4 amide bonds. The van der Waals surface area contributed by atoms with E-state index in [-0.39, 0.29) is 12.8 Å². The van der Waals surface area contributed by atoms with Gasteiger partial charge in [0.25, 0.3) is 5.91 Å². The predicted octanol–water partition coefficient (Wildman–Crippen LogP) is 3.86. The number of urea groups is 1. The molecule has 9 heteroatoms. The van der Waals surface area contributed by atoms with E-state index in [0.717, 1.165) is 16.2 Å². The Morgan fingerprint density at radius 3 is 2.35 bits per heavy atom. The second-order valence-corrected chi connectivity index (χ2v) is 8.81. The van der Waals surface area contributed by atoms with Crippen LogP contribution in [0.2, 0.25) is 0 Å². The van der Waals surface area contributed by atoms with Crippen LogP contribution in [-0.4, -0.2) is 44.2 Å². The van der Waals surface area contributed by atoms with Crippen LogP contribution in [0.15, 0.2) is 60.8 Å². The molecule has 0 bridgehead atoms. The first-order chi connectivity index (χ1) is 17.8. The molecule has 0 radical (unpaired) electrons. The number of ether oxygens (including phenoxy) is 3. The molecule has 1 atom stereocenters. The third-order valence-electron chi connectivity index (χ3n) is 6.54. The molecule has 1 fully saturated rings. The summed E-state index contributed by atoms with van der Waals surface area (Å²) in [5.41, 5.74) is 0.915. The number of anilines is 1. The summed E-state index contributed by atoms with van der Waals surface area (Å²) in [4.78, 5) is 46.1. The van der Waals surface area contributed by atoms with E-state index in [4.69, 9.17) is 14.2 Å². The number of aromatic nitrogens is 1. The van der Waals surface area contributed by atoms with E-state index < -0.39 is 23.3 Å². The summed E-state index contributed by atoms with van der Waals surface area (Å²) in [6.45, 7) is 1.86. The fourth-order valence-corrected chi connectivity index (χ4v) is 4.66. The predicted molar refractivity (Wildman–Crippen MR) is 137 cm³/mol. The fraction of sp³-hybridized carbons (Fsp3) is 0.286. The Kier molecular flexibility index (Phi) is 7.42. The molecule has 0 saturated carbocycles. The molecule has 1 saturated heterocycles. The first-order valence-corrected chi connectivity index (χ1v) is 11.8. The van der Waals surface area contributed by atoms with Crippen molar-refractivity contribution in [3.05, 3.63) is 77.6 Å². The first kappa shape index (κ1) is 25.7. The number of nitrogens with zero attached hydrogens (tertiary/aromatic N) is 2. The van der Waals surface area contributed by atoms with Gasteiger partial charge in [0.05, 0.1) is 27.0 Å². The number of carbonyl (C=O) groups is 3. The third-order valence-corrected chi connectivity index (χ3v) is 6.54. The Balaban J connectivity index is 1.84. The van der Waals surface area contributed by atoms with Gasteiger partial charge in [0.2, 0.25) is 11.7 Å². The van der Waals surface area contributed by atoms with E-state index in [1.165, 1.54) is 21.3 Å². The molecule has 37 heavy (non-hydrogen) atoms. The van der Waals surface area contributed by atoms with Gasteiger partial charge in [-0.25, -0.2) is 9.69 Å². The number of amides is 4. The standard InChI is InChI=1S/C28H29N3O6/c1-18-8-7-10-21(16-18)31-26(33)28(25(32)30-27(31)34,14-13-20-9-5-6-15-29-20)17-19-11-12-22(35-2)24(37-4)23(19)36-3/h5-12,15-16H,13-14,17H2,1-4H3,(H,30,32,34)/t28-/m0/s1. The van der Waals surface area contributed by atoms with E-state index in [1.807, 2.05) is 25.1 Å². The maximum absolute atomic E-state index is 14.2. The molecule has 1 aromatic heterocycles. The van der Waals surface area contributed by atoms with Crippen molar-refractivity contribution in [2.24, 2.45) is 5.41 Å². The zero-order chi connectivity index (χ0) is 26.6. The van der Waals surface area contributed by atoms with Crippen LogP contribution in [0.25, 0.3) is 0 Å². The minimum atomic E-state index is -1.62. The van der Waals surface area contributed by atoms with E-state index in [0.29, 0.717) is 34.9 Å². The molecular weight excluding hydrogens is 474 g/mol. The zero-order valence-electron chi connectivity index (χ0n) is 21.2. The van der Waals surface area contributed by atoms with Crippen LogP contribution in [0.4, 0.5) is 10.5 Å². The number of benzene rings is 2. The number of hydrogen-bond donors (Lipinski definition) is 1. The second kappa shape index (κ2) is 10.7. The van der Waals surface area contributed by atoms with Crippen LogP contribution in [-0.2, 0) is 22.4 Å². The molecule has 4 rings (SSSR count). The SMILES string of the molecule is COc1ccc(C[C@@]2(CCc3ccccn3)C(=O)NC(=O)N(c3cccc(C)c3)C2=O)c(OC)c1OC. The van der Waals surface area contributed by atoms with Crippen molar-refractivity contribution in [1.29, 1.82) is 0 Å². The molecular formula is C28H29N3O6. The summed E-state index contributed by atoms with van der Waals surface area (Å²) in [6.07, 6.45) is 2.07.